The lowest BCUT2D eigenvalue weighted by atomic mass is 10.0. The van der Waals surface area contributed by atoms with Crippen LogP contribution in [0.5, 0.6) is 0 Å². The first-order chi connectivity index (χ1) is 11.6. The molecule has 134 valence electrons. The average Bonchev–Trinajstić information content (AvgIpc) is 3.18. The van der Waals surface area contributed by atoms with Crippen molar-refractivity contribution < 1.29 is 14.6 Å². The third kappa shape index (κ3) is 4.33. The van der Waals surface area contributed by atoms with Crippen LogP contribution < -0.4 is 0 Å². The van der Waals surface area contributed by atoms with Gasteiger partial charge in [-0.1, -0.05) is 6.92 Å². The van der Waals surface area contributed by atoms with Crippen molar-refractivity contribution in [2.24, 2.45) is 0 Å². The molecule has 1 N–H and O–H groups in total. The van der Waals surface area contributed by atoms with Crippen molar-refractivity contribution in [3.8, 4) is 0 Å². The number of aryl methyl sites for hydroxylation is 1. The van der Waals surface area contributed by atoms with Crippen LogP contribution in [0.1, 0.15) is 41.7 Å². The predicted molar refractivity (Wildman–Crippen MR) is 93.5 cm³/mol. The molecular weight excluding hydrogens is 326 g/mol. The summed E-state index contributed by atoms with van der Waals surface area (Å²) < 4.78 is 5.59. The first-order valence-corrected chi connectivity index (χ1v) is 9.74. The third-order valence-corrected chi connectivity index (χ3v) is 5.51. The number of amides is 1. The summed E-state index contributed by atoms with van der Waals surface area (Å²) in [6.07, 6.45) is 4.28. The number of β-amino-alcohol motifs (C(OH)–C–C–N with tert-alkyl or cyclic N) is 1. The number of hydrogen-bond acceptors (Lipinski definition) is 6. The fraction of sp³-hybridized carbons (Fsp3) is 0.765. The van der Waals surface area contributed by atoms with Gasteiger partial charge in [-0.2, -0.15) is 0 Å². The van der Waals surface area contributed by atoms with Crippen molar-refractivity contribution in [3.05, 3.63) is 16.1 Å². The number of nitrogens with zero attached hydrogens (tertiary/aromatic N) is 3. The van der Waals surface area contributed by atoms with Gasteiger partial charge in [0, 0.05) is 18.5 Å². The first kappa shape index (κ1) is 17.8. The van der Waals surface area contributed by atoms with Crippen LogP contribution >= 0.6 is 11.3 Å². The molecule has 2 aliphatic heterocycles. The molecule has 0 radical (unpaired) electrons. The van der Waals surface area contributed by atoms with Crippen LogP contribution in [0.4, 0.5) is 0 Å². The Balaban J connectivity index is 1.67. The average molecular weight is 353 g/mol. The highest BCUT2D eigenvalue weighted by molar-refractivity contribution is 7.09. The van der Waals surface area contributed by atoms with E-state index in [1.54, 1.807) is 4.90 Å². The van der Waals surface area contributed by atoms with E-state index < -0.39 is 5.60 Å². The quantitative estimate of drug-likeness (QED) is 0.867. The van der Waals surface area contributed by atoms with E-state index in [1.807, 2.05) is 5.38 Å². The second kappa shape index (κ2) is 7.91. The van der Waals surface area contributed by atoms with Crippen LogP contribution in [0.25, 0.3) is 0 Å². The maximum atomic E-state index is 12.8. The number of aromatic nitrogens is 1. The van der Waals surface area contributed by atoms with Gasteiger partial charge < -0.3 is 19.6 Å². The van der Waals surface area contributed by atoms with Crippen molar-refractivity contribution in [1.82, 2.24) is 14.8 Å². The van der Waals surface area contributed by atoms with E-state index in [0.717, 1.165) is 30.9 Å². The van der Waals surface area contributed by atoms with Crippen molar-refractivity contribution in [2.45, 2.75) is 38.2 Å². The van der Waals surface area contributed by atoms with E-state index in [4.69, 9.17) is 4.74 Å². The molecule has 24 heavy (non-hydrogen) atoms. The van der Waals surface area contributed by atoms with Gasteiger partial charge in [0.05, 0.1) is 24.8 Å². The monoisotopic (exact) mass is 353 g/mol. The summed E-state index contributed by atoms with van der Waals surface area (Å²) >= 11 is 1.54. The Labute approximate surface area is 147 Å². The number of aliphatic hydroxyl groups is 1. The van der Waals surface area contributed by atoms with Crippen LogP contribution in [0.15, 0.2) is 5.38 Å². The third-order valence-electron chi connectivity index (χ3n) is 4.60. The maximum Gasteiger partial charge on any atom is 0.273 e. The van der Waals surface area contributed by atoms with Crippen molar-refractivity contribution in [3.63, 3.8) is 0 Å². The Morgan fingerprint density at radius 3 is 2.96 bits per heavy atom. The minimum atomic E-state index is -1.00. The fourth-order valence-electron chi connectivity index (χ4n) is 3.44. The minimum Gasteiger partial charge on any atom is -0.384 e. The lowest BCUT2D eigenvalue weighted by molar-refractivity contribution is -0.0524. The first-order valence-electron chi connectivity index (χ1n) is 8.86. The molecule has 0 spiro atoms. The molecule has 2 fully saturated rings. The highest BCUT2D eigenvalue weighted by Gasteiger charge is 2.37. The molecule has 0 aliphatic carbocycles. The number of likely N-dealkylation sites (tertiary alicyclic amines) is 1. The molecule has 0 unspecified atom stereocenters. The summed E-state index contributed by atoms with van der Waals surface area (Å²) in [7, 11) is 0. The Kier molecular flexibility index (Phi) is 5.86. The van der Waals surface area contributed by atoms with Gasteiger partial charge in [0.15, 0.2) is 0 Å². The van der Waals surface area contributed by atoms with Crippen LogP contribution in [-0.2, 0) is 11.2 Å². The van der Waals surface area contributed by atoms with Gasteiger partial charge in [-0.05, 0) is 38.8 Å². The van der Waals surface area contributed by atoms with E-state index in [9.17, 15) is 9.90 Å². The molecule has 7 heteroatoms. The molecule has 0 bridgehead atoms. The number of carbonyl (C=O) groups is 1. The van der Waals surface area contributed by atoms with Gasteiger partial charge in [-0.25, -0.2) is 4.98 Å². The molecule has 3 heterocycles. The summed E-state index contributed by atoms with van der Waals surface area (Å²) in [6, 6.07) is 0. The number of rotatable bonds is 5. The Morgan fingerprint density at radius 1 is 1.42 bits per heavy atom. The van der Waals surface area contributed by atoms with Gasteiger partial charge >= 0.3 is 0 Å². The highest BCUT2D eigenvalue weighted by atomic mass is 32.1. The minimum absolute atomic E-state index is 0.0982. The topological polar surface area (TPSA) is 65.9 Å². The molecule has 6 nitrogen and oxygen atoms in total. The molecule has 0 saturated carbocycles. The Bertz CT molecular complexity index is 559. The van der Waals surface area contributed by atoms with Gasteiger partial charge in [0.2, 0.25) is 0 Å². The highest BCUT2D eigenvalue weighted by Crippen LogP contribution is 2.20. The van der Waals surface area contributed by atoms with Gasteiger partial charge in [0.25, 0.3) is 5.91 Å². The van der Waals surface area contributed by atoms with Gasteiger partial charge in [-0.3, -0.25) is 4.79 Å². The zero-order chi connectivity index (χ0) is 17.0. The SMILES string of the molecule is CCCc1nc(C(=O)N2CCOC[C@@](O)(CN3CCCC3)C2)cs1. The zero-order valence-electron chi connectivity index (χ0n) is 14.4. The van der Waals surface area contributed by atoms with Gasteiger partial charge in [-0.15, -0.1) is 11.3 Å². The lowest BCUT2D eigenvalue weighted by Crippen LogP contribution is -2.53. The molecule has 1 atom stereocenters. The molecule has 2 aliphatic rings. The smallest absolute Gasteiger partial charge is 0.273 e. The fourth-order valence-corrected chi connectivity index (χ4v) is 4.32. The second-order valence-corrected chi connectivity index (χ2v) is 7.81. The molecule has 1 aromatic heterocycles. The molecule has 1 amide bonds. The van der Waals surface area contributed by atoms with Crippen molar-refractivity contribution in [2.75, 3.05) is 45.9 Å². The summed E-state index contributed by atoms with van der Waals surface area (Å²) in [5, 5.41) is 13.8. The summed E-state index contributed by atoms with van der Waals surface area (Å²) in [5.74, 6) is -0.0982. The van der Waals surface area contributed by atoms with Crippen molar-refractivity contribution >= 4 is 17.2 Å². The van der Waals surface area contributed by atoms with Crippen LogP contribution in [0, 0.1) is 0 Å². The number of carbonyl (C=O) groups excluding carboxylic acids is 1. The second-order valence-electron chi connectivity index (χ2n) is 6.86. The van der Waals surface area contributed by atoms with Crippen LogP contribution in [-0.4, -0.2) is 77.3 Å². The standard InChI is InChI=1S/C17H27N3O3S/c1-2-5-15-18-14(10-24-15)16(21)20-8-9-23-13-17(22,12-20)11-19-6-3-4-7-19/h10,22H,2-9,11-13H2,1H3/t17-/m1/s1. The summed E-state index contributed by atoms with van der Waals surface area (Å²) in [6.45, 7) is 6.25. The van der Waals surface area contributed by atoms with E-state index >= 15 is 0 Å². The summed E-state index contributed by atoms with van der Waals surface area (Å²) in [4.78, 5) is 21.2. The molecule has 0 aromatic carbocycles. The predicted octanol–water partition coefficient (Wildman–Crippen LogP) is 1.39. The maximum absolute atomic E-state index is 12.8. The van der Waals surface area contributed by atoms with Crippen molar-refractivity contribution in [1.29, 1.82) is 0 Å². The summed E-state index contributed by atoms with van der Waals surface area (Å²) in [5.41, 5.74) is -0.507. The number of ether oxygens (including phenoxy) is 1. The Morgan fingerprint density at radius 2 is 2.21 bits per heavy atom. The Hall–Kier alpha value is -1.02. The zero-order valence-corrected chi connectivity index (χ0v) is 15.2. The van der Waals surface area contributed by atoms with E-state index in [2.05, 4.69) is 16.8 Å². The van der Waals surface area contributed by atoms with Gasteiger partial charge in [0.1, 0.15) is 11.3 Å². The van der Waals surface area contributed by atoms with E-state index in [-0.39, 0.29) is 12.5 Å². The van der Waals surface area contributed by atoms with Crippen LogP contribution in [0.3, 0.4) is 0 Å². The molecular formula is C17H27N3O3S. The largest absolute Gasteiger partial charge is 0.384 e. The number of thiazole rings is 1. The van der Waals surface area contributed by atoms with E-state index in [1.165, 1.54) is 24.2 Å². The lowest BCUT2D eigenvalue weighted by Gasteiger charge is -2.33. The number of hydrogen-bond donors (Lipinski definition) is 1. The molecule has 3 rings (SSSR count). The van der Waals surface area contributed by atoms with Crippen LogP contribution in [0.2, 0.25) is 0 Å². The molecule has 2 saturated heterocycles. The normalized spacial score (nSPS) is 25.8. The van der Waals surface area contributed by atoms with E-state index in [0.29, 0.717) is 31.9 Å². The molecule has 1 aromatic rings.